The second-order valence-electron chi connectivity index (χ2n) is 7.13. The number of aromatic nitrogens is 1. The molecule has 0 aliphatic heterocycles. The maximum atomic E-state index is 13.1. The summed E-state index contributed by atoms with van der Waals surface area (Å²) in [6, 6.07) is 18.0. The zero-order valence-corrected chi connectivity index (χ0v) is 19.4. The second kappa shape index (κ2) is 11.4. The summed E-state index contributed by atoms with van der Waals surface area (Å²) in [4.78, 5) is 19.0. The number of carbonyl (C=O) groups is 1. The highest BCUT2D eigenvalue weighted by Crippen LogP contribution is 2.20. The van der Waals surface area contributed by atoms with Crippen LogP contribution in [-0.2, 0) is 21.3 Å². The molecule has 0 fully saturated rings. The molecule has 2 aromatic carbocycles. The summed E-state index contributed by atoms with van der Waals surface area (Å²) in [7, 11) is -2.24. The number of hydrogen-bond donors (Lipinski definition) is 1. The molecule has 0 saturated heterocycles. The van der Waals surface area contributed by atoms with Crippen LogP contribution in [0.15, 0.2) is 77.8 Å². The van der Waals surface area contributed by atoms with Gasteiger partial charge in [-0.15, -0.1) is 0 Å². The number of nitrogens with one attached hydrogen (secondary N) is 1. The third-order valence-electron chi connectivity index (χ3n) is 4.76. The average molecular weight is 470 g/mol. The Bertz CT molecular complexity index is 1130. The standard InChI is InChI=1S/C24H27N3O5S/c1-3-32-22-11-9-20(10-12-22)26-33(29,30)23-13-7-19(8-14-23)24(28)27(16-17-31-2)18-21-6-4-5-15-25-21/h4-15,26H,3,16-18H2,1-2H3. The van der Waals surface area contributed by atoms with Gasteiger partial charge in [-0.25, -0.2) is 8.42 Å². The van der Waals surface area contributed by atoms with Crippen LogP contribution in [0.5, 0.6) is 5.75 Å². The molecule has 9 heteroatoms. The van der Waals surface area contributed by atoms with Crippen molar-refractivity contribution in [3.05, 3.63) is 84.2 Å². The molecule has 0 unspecified atom stereocenters. The highest BCUT2D eigenvalue weighted by Gasteiger charge is 2.19. The Morgan fingerprint density at radius 2 is 1.76 bits per heavy atom. The molecule has 0 bridgehead atoms. The van der Waals surface area contributed by atoms with Gasteiger partial charge < -0.3 is 14.4 Å². The summed E-state index contributed by atoms with van der Waals surface area (Å²) in [5.41, 5.74) is 1.54. The van der Waals surface area contributed by atoms with Crippen LogP contribution < -0.4 is 9.46 Å². The molecule has 1 aromatic heterocycles. The fourth-order valence-corrected chi connectivity index (χ4v) is 4.16. The summed E-state index contributed by atoms with van der Waals surface area (Å²) >= 11 is 0. The van der Waals surface area contributed by atoms with Crippen LogP contribution in [0.25, 0.3) is 0 Å². The van der Waals surface area contributed by atoms with Crippen molar-refractivity contribution >= 4 is 21.6 Å². The minimum Gasteiger partial charge on any atom is -0.494 e. The van der Waals surface area contributed by atoms with Crippen molar-refractivity contribution in [2.24, 2.45) is 0 Å². The van der Waals surface area contributed by atoms with E-state index in [2.05, 4.69) is 9.71 Å². The maximum Gasteiger partial charge on any atom is 0.261 e. The molecule has 0 aliphatic rings. The molecular formula is C24H27N3O5S. The van der Waals surface area contributed by atoms with Gasteiger partial charge in [0.2, 0.25) is 0 Å². The van der Waals surface area contributed by atoms with Crippen molar-refractivity contribution in [2.75, 3.05) is 31.6 Å². The number of benzene rings is 2. The van der Waals surface area contributed by atoms with E-state index in [1.165, 1.54) is 24.3 Å². The molecule has 1 N–H and O–H groups in total. The molecular weight excluding hydrogens is 442 g/mol. The quantitative estimate of drug-likeness (QED) is 0.461. The normalized spacial score (nSPS) is 11.1. The van der Waals surface area contributed by atoms with E-state index < -0.39 is 10.0 Å². The smallest absolute Gasteiger partial charge is 0.261 e. The first-order valence-electron chi connectivity index (χ1n) is 10.5. The van der Waals surface area contributed by atoms with E-state index in [-0.39, 0.29) is 10.8 Å². The number of carbonyl (C=O) groups excluding carboxylic acids is 1. The van der Waals surface area contributed by atoms with Crippen LogP contribution in [0.1, 0.15) is 23.0 Å². The van der Waals surface area contributed by atoms with Crippen molar-refractivity contribution in [3.63, 3.8) is 0 Å². The number of methoxy groups -OCH3 is 1. The predicted molar refractivity (Wildman–Crippen MR) is 126 cm³/mol. The van der Waals surface area contributed by atoms with E-state index >= 15 is 0 Å². The lowest BCUT2D eigenvalue weighted by atomic mass is 10.2. The van der Waals surface area contributed by atoms with Crippen molar-refractivity contribution in [2.45, 2.75) is 18.4 Å². The van der Waals surface area contributed by atoms with Gasteiger partial charge in [-0.3, -0.25) is 14.5 Å². The van der Waals surface area contributed by atoms with Crippen LogP contribution in [-0.4, -0.2) is 51.1 Å². The van der Waals surface area contributed by atoms with E-state index in [0.717, 1.165) is 5.69 Å². The maximum absolute atomic E-state index is 13.1. The fourth-order valence-electron chi connectivity index (χ4n) is 3.10. The molecule has 1 amide bonds. The number of hydrogen-bond acceptors (Lipinski definition) is 6. The molecule has 8 nitrogen and oxygen atoms in total. The summed E-state index contributed by atoms with van der Waals surface area (Å²) in [5.74, 6) is 0.424. The highest BCUT2D eigenvalue weighted by atomic mass is 32.2. The van der Waals surface area contributed by atoms with Gasteiger partial charge in [0.25, 0.3) is 15.9 Å². The third-order valence-corrected chi connectivity index (χ3v) is 6.16. The van der Waals surface area contributed by atoms with Gasteiger partial charge in [0.05, 0.1) is 30.3 Å². The number of rotatable bonds is 11. The van der Waals surface area contributed by atoms with Gasteiger partial charge in [-0.05, 0) is 67.6 Å². The SMILES string of the molecule is CCOc1ccc(NS(=O)(=O)c2ccc(C(=O)N(CCOC)Cc3ccccn3)cc2)cc1. The zero-order valence-electron chi connectivity index (χ0n) is 18.6. The van der Waals surface area contributed by atoms with Crippen molar-refractivity contribution in [1.82, 2.24) is 9.88 Å². The second-order valence-corrected chi connectivity index (χ2v) is 8.81. The summed E-state index contributed by atoms with van der Waals surface area (Å²) in [5, 5.41) is 0. The number of ether oxygens (including phenoxy) is 2. The van der Waals surface area contributed by atoms with Crippen molar-refractivity contribution < 1.29 is 22.7 Å². The summed E-state index contributed by atoms with van der Waals surface area (Å²) in [6.45, 7) is 3.48. The molecule has 1 heterocycles. The molecule has 33 heavy (non-hydrogen) atoms. The molecule has 0 saturated carbocycles. The van der Waals surface area contributed by atoms with Gasteiger partial charge in [0, 0.05) is 31.1 Å². The van der Waals surface area contributed by atoms with Gasteiger partial charge in [0.1, 0.15) is 5.75 Å². The van der Waals surface area contributed by atoms with Crippen molar-refractivity contribution in [1.29, 1.82) is 0 Å². The molecule has 0 radical (unpaired) electrons. The zero-order chi connectivity index (χ0) is 23.7. The molecule has 0 spiro atoms. The third kappa shape index (κ3) is 6.77. The monoisotopic (exact) mass is 469 g/mol. The Kier molecular flexibility index (Phi) is 8.39. The summed E-state index contributed by atoms with van der Waals surface area (Å²) in [6.07, 6.45) is 1.67. The predicted octanol–water partition coefficient (Wildman–Crippen LogP) is 3.57. The van der Waals surface area contributed by atoms with Gasteiger partial charge >= 0.3 is 0 Å². The Hall–Kier alpha value is -3.43. The van der Waals surface area contributed by atoms with Crippen LogP contribution in [0.3, 0.4) is 0 Å². The lowest BCUT2D eigenvalue weighted by Crippen LogP contribution is -2.33. The van der Waals surface area contributed by atoms with Gasteiger partial charge in [-0.2, -0.15) is 0 Å². The number of sulfonamides is 1. The van der Waals surface area contributed by atoms with E-state index in [1.54, 1.807) is 42.5 Å². The minimum atomic E-state index is -3.81. The van der Waals surface area contributed by atoms with E-state index in [1.807, 2.05) is 25.1 Å². The summed E-state index contributed by atoms with van der Waals surface area (Å²) < 4.78 is 38.5. The van der Waals surface area contributed by atoms with E-state index in [0.29, 0.717) is 43.3 Å². The Morgan fingerprint density at radius 1 is 1.03 bits per heavy atom. The first-order valence-corrected chi connectivity index (χ1v) is 11.9. The number of pyridine rings is 1. The molecule has 3 aromatic rings. The first kappa shape index (κ1) is 24.2. The van der Waals surface area contributed by atoms with E-state index in [4.69, 9.17) is 9.47 Å². The highest BCUT2D eigenvalue weighted by molar-refractivity contribution is 7.92. The molecule has 0 aliphatic carbocycles. The lowest BCUT2D eigenvalue weighted by molar-refractivity contribution is 0.0678. The van der Waals surface area contributed by atoms with Gasteiger partial charge in [-0.1, -0.05) is 6.07 Å². The number of nitrogens with zero attached hydrogens (tertiary/aromatic N) is 2. The number of amides is 1. The van der Waals surface area contributed by atoms with Crippen molar-refractivity contribution in [3.8, 4) is 5.75 Å². The Morgan fingerprint density at radius 3 is 2.36 bits per heavy atom. The van der Waals surface area contributed by atoms with Crippen LogP contribution >= 0.6 is 0 Å². The fraction of sp³-hybridized carbons (Fsp3) is 0.250. The Labute approximate surface area is 194 Å². The van der Waals surface area contributed by atoms with E-state index in [9.17, 15) is 13.2 Å². The topological polar surface area (TPSA) is 97.8 Å². The molecule has 3 rings (SSSR count). The molecule has 174 valence electrons. The Balaban J connectivity index is 1.73. The van der Waals surface area contributed by atoms with Gasteiger partial charge in [0.15, 0.2) is 0 Å². The number of anilines is 1. The average Bonchev–Trinajstić information content (AvgIpc) is 2.83. The van der Waals surface area contributed by atoms with Crippen LogP contribution in [0.4, 0.5) is 5.69 Å². The van der Waals surface area contributed by atoms with Crippen LogP contribution in [0, 0.1) is 0 Å². The largest absolute Gasteiger partial charge is 0.494 e. The van der Waals surface area contributed by atoms with Crippen LogP contribution in [0.2, 0.25) is 0 Å². The molecule has 0 atom stereocenters. The first-order chi connectivity index (χ1) is 15.9. The lowest BCUT2D eigenvalue weighted by Gasteiger charge is -2.22. The minimum absolute atomic E-state index is 0.0566.